The van der Waals surface area contributed by atoms with E-state index in [1.54, 1.807) is 28.2 Å². The average Bonchev–Trinajstić information content (AvgIpc) is 3.31. The van der Waals surface area contributed by atoms with Crippen LogP contribution in [0.5, 0.6) is 0 Å². The minimum Gasteiger partial charge on any atom is -0.308 e. The molecule has 1 aliphatic carbocycles. The molecule has 1 amide bonds. The van der Waals surface area contributed by atoms with Gasteiger partial charge in [-0.05, 0) is 31.9 Å². The van der Waals surface area contributed by atoms with E-state index in [1.165, 1.54) is 12.8 Å². The monoisotopic (exact) mass is 350 g/mol. The Morgan fingerprint density at radius 3 is 3.00 bits per heavy atom. The van der Waals surface area contributed by atoms with E-state index in [1.807, 2.05) is 30.8 Å². The second-order valence-corrected chi connectivity index (χ2v) is 7.19. The fourth-order valence-electron chi connectivity index (χ4n) is 2.31. The van der Waals surface area contributed by atoms with Crippen LogP contribution in [0, 0.1) is 0 Å². The maximum absolute atomic E-state index is 12.5. The van der Waals surface area contributed by atoms with Gasteiger partial charge in [-0.1, -0.05) is 11.6 Å². The summed E-state index contributed by atoms with van der Waals surface area (Å²) in [6.45, 7) is 2.52. The third kappa shape index (κ3) is 4.06. The van der Waals surface area contributed by atoms with Crippen LogP contribution in [-0.2, 0) is 4.79 Å². The first-order valence-corrected chi connectivity index (χ1v) is 9.19. The molecule has 7 heteroatoms. The van der Waals surface area contributed by atoms with E-state index in [9.17, 15) is 4.79 Å². The van der Waals surface area contributed by atoms with Crippen molar-refractivity contribution in [1.82, 2.24) is 14.8 Å². The molecule has 0 aromatic carbocycles. The first-order chi connectivity index (χ1) is 11.2. The lowest BCUT2D eigenvalue weighted by molar-refractivity contribution is -0.118. The van der Waals surface area contributed by atoms with Crippen LogP contribution in [-0.4, -0.2) is 38.2 Å². The fraction of sp³-hybridized carbons (Fsp3) is 0.438. The minimum atomic E-state index is 0.0910. The number of thioether (sulfide) groups is 1. The molecular formula is C16H19ClN4OS. The lowest BCUT2D eigenvalue weighted by atomic mass is 10.3. The van der Waals surface area contributed by atoms with Crippen molar-refractivity contribution >= 4 is 35.0 Å². The molecule has 1 aliphatic rings. The largest absolute Gasteiger partial charge is 0.308 e. The summed E-state index contributed by atoms with van der Waals surface area (Å²) in [4.78, 5) is 18.3. The molecule has 0 unspecified atom stereocenters. The highest BCUT2D eigenvalue weighted by molar-refractivity contribution is 8.00. The lowest BCUT2D eigenvalue weighted by Crippen LogP contribution is -2.30. The zero-order valence-electron chi connectivity index (χ0n) is 13.0. The Bertz CT molecular complexity index is 672. The van der Waals surface area contributed by atoms with Crippen molar-refractivity contribution in [3.63, 3.8) is 0 Å². The molecular weight excluding hydrogens is 332 g/mol. The van der Waals surface area contributed by atoms with Crippen LogP contribution >= 0.6 is 23.4 Å². The number of halogens is 1. The SMILES string of the molecule is CCN(C(=O)CCSC1CC1)c1cn(-c2cccnc2)nc1Cl. The van der Waals surface area contributed by atoms with Crippen LogP contribution in [0.3, 0.4) is 0 Å². The third-order valence-electron chi connectivity index (χ3n) is 3.66. The van der Waals surface area contributed by atoms with Gasteiger partial charge < -0.3 is 4.90 Å². The Kier molecular flexibility index (Phi) is 5.23. The molecule has 2 heterocycles. The summed E-state index contributed by atoms with van der Waals surface area (Å²) in [5.41, 5.74) is 1.47. The second-order valence-electron chi connectivity index (χ2n) is 5.42. The van der Waals surface area contributed by atoms with Gasteiger partial charge in [-0.3, -0.25) is 9.78 Å². The Hall–Kier alpha value is -1.53. The molecule has 0 bridgehead atoms. The van der Waals surface area contributed by atoms with E-state index < -0.39 is 0 Å². The van der Waals surface area contributed by atoms with Gasteiger partial charge in [0.15, 0.2) is 5.15 Å². The number of carbonyl (C=O) groups is 1. The molecule has 3 rings (SSSR count). The maximum atomic E-state index is 12.5. The zero-order chi connectivity index (χ0) is 16.2. The normalized spacial score (nSPS) is 14.0. The first kappa shape index (κ1) is 16.3. The predicted molar refractivity (Wildman–Crippen MR) is 94.5 cm³/mol. The van der Waals surface area contributed by atoms with Crippen molar-refractivity contribution in [2.75, 3.05) is 17.2 Å². The maximum Gasteiger partial charge on any atom is 0.227 e. The molecule has 5 nitrogen and oxygen atoms in total. The Morgan fingerprint density at radius 1 is 1.52 bits per heavy atom. The summed E-state index contributed by atoms with van der Waals surface area (Å²) in [5, 5.41) is 5.40. The van der Waals surface area contributed by atoms with Crippen LogP contribution < -0.4 is 4.90 Å². The van der Waals surface area contributed by atoms with Gasteiger partial charge in [0.1, 0.15) is 5.69 Å². The Labute approximate surface area is 145 Å². The van der Waals surface area contributed by atoms with E-state index in [-0.39, 0.29) is 5.91 Å². The van der Waals surface area contributed by atoms with Crippen molar-refractivity contribution < 1.29 is 4.79 Å². The number of amides is 1. The molecule has 2 aromatic rings. The number of anilines is 1. The standard InChI is InChI=1S/C16H19ClN4OS/c1-2-20(15(22)7-9-23-13-5-6-13)14-11-21(19-16(14)17)12-4-3-8-18-10-12/h3-4,8,10-11,13H,2,5-7,9H2,1H3. The number of pyridine rings is 1. The smallest absolute Gasteiger partial charge is 0.227 e. The molecule has 2 aromatic heterocycles. The van der Waals surface area contributed by atoms with Crippen molar-refractivity contribution in [2.45, 2.75) is 31.4 Å². The van der Waals surface area contributed by atoms with Gasteiger partial charge in [-0.25, -0.2) is 4.68 Å². The Balaban J connectivity index is 1.72. The number of hydrogen-bond acceptors (Lipinski definition) is 4. The molecule has 0 atom stereocenters. The number of carbonyl (C=O) groups excluding carboxylic acids is 1. The topological polar surface area (TPSA) is 51.0 Å². The molecule has 0 saturated heterocycles. The summed E-state index contributed by atoms with van der Waals surface area (Å²) in [5.74, 6) is 0.960. The highest BCUT2D eigenvalue weighted by Crippen LogP contribution is 2.34. The van der Waals surface area contributed by atoms with E-state index in [0.29, 0.717) is 23.8 Å². The number of nitrogens with zero attached hydrogens (tertiary/aromatic N) is 4. The molecule has 1 fully saturated rings. The van der Waals surface area contributed by atoms with Crippen molar-refractivity contribution in [3.05, 3.63) is 35.9 Å². The van der Waals surface area contributed by atoms with Crippen molar-refractivity contribution in [2.24, 2.45) is 0 Å². The molecule has 0 radical (unpaired) electrons. The quantitative estimate of drug-likeness (QED) is 0.766. The summed E-state index contributed by atoms with van der Waals surface area (Å²) in [6.07, 6.45) is 8.31. The van der Waals surface area contributed by atoms with Crippen LogP contribution in [0.2, 0.25) is 5.15 Å². The van der Waals surface area contributed by atoms with Crippen LogP contribution in [0.4, 0.5) is 5.69 Å². The number of hydrogen-bond donors (Lipinski definition) is 0. The molecule has 1 saturated carbocycles. The van der Waals surface area contributed by atoms with Crippen LogP contribution in [0.15, 0.2) is 30.7 Å². The predicted octanol–water partition coefficient (Wildman–Crippen LogP) is 3.56. The van der Waals surface area contributed by atoms with Crippen molar-refractivity contribution in [1.29, 1.82) is 0 Å². The van der Waals surface area contributed by atoms with Gasteiger partial charge in [0, 0.05) is 30.2 Å². The van der Waals surface area contributed by atoms with E-state index >= 15 is 0 Å². The third-order valence-corrected chi connectivity index (χ3v) is 5.32. The summed E-state index contributed by atoms with van der Waals surface area (Å²) >= 11 is 8.15. The molecule has 0 spiro atoms. The fourth-order valence-corrected chi connectivity index (χ4v) is 3.64. The molecule has 0 N–H and O–H groups in total. The van der Waals surface area contributed by atoms with Gasteiger partial charge in [0.25, 0.3) is 0 Å². The van der Waals surface area contributed by atoms with Gasteiger partial charge in [-0.15, -0.1) is 0 Å². The van der Waals surface area contributed by atoms with Crippen molar-refractivity contribution in [3.8, 4) is 5.69 Å². The average molecular weight is 351 g/mol. The molecule has 23 heavy (non-hydrogen) atoms. The summed E-state index contributed by atoms with van der Waals surface area (Å²) in [6, 6.07) is 3.73. The van der Waals surface area contributed by atoms with Gasteiger partial charge in [0.2, 0.25) is 5.91 Å². The number of aromatic nitrogens is 3. The zero-order valence-corrected chi connectivity index (χ0v) is 14.6. The summed E-state index contributed by atoms with van der Waals surface area (Å²) in [7, 11) is 0. The number of rotatable bonds is 7. The Morgan fingerprint density at radius 2 is 2.35 bits per heavy atom. The lowest BCUT2D eigenvalue weighted by Gasteiger charge is -2.19. The van der Waals surface area contributed by atoms with Gasteiger partial charge >= 0.3 is 0 Å². The van der Waals surface area contributed by atoms with E-state index in [4.69, 9.17) is 11.6 Å². The minimum absolute atomic E-state index is 0.0910. The van der Waals surface area contributed by atoms with Crippen LogP contribution in [0.1, 0.15) is 26.2 Å². The van der Waals surface area contributed by atoms with E-state index in [0.717, 1.165) is 16.7 Å². The van der Waals surface area contributed by atoms with Gasteiger partial charge in [0.05, 0.1) is 18.1 Å². The van der Waals surface area contributed by atoms with Crippen LogP contribution in [0.25, 0.3) is 5.69 Å². The summed E-state index contributed by atoms with van der Waals surface area (Å²) < 4.78 is 1.65. The first-order valence-electron chi connectivity index (χ1n) is 7.76. The highest BCUT2D eigenvalue weighted by atomic mass is 35.5. The van der Waals surface area contributed by atoms with E-state index in [2.05, 4.69) is 10.1 Å². The molecule has 122 valence electrons. The second kappa shape index (κ2) is 7.36. The van der Waals surface area contributed by atoms with Gasteiger partial charge in [-0.2, -0.15) is 16.9 Å². The molecule has 0 aliphatic heterocycles. The highest BCUT2D eigenvalue weighted by Gasteiger charge is 2.24.